The van der Waals surface area contributed by atoms with Crippen molar-refractivity contribution in [1.29, 1.82) is 0 Å². The summed E-state index contributed by atoms with van der Waals surface area (Å²) >= 11 is 3.33. The van der Waals surface area contributed by atoms with Gasteiger partial charge in [0, 0.05) is 23.0 Å². The minimum atomic E-state index is -0.175. The molecule has 0 aliphatic carbocycles. The zero-order valence-electron chi connectivity index (χ0n) is 14.5. The van der Waals surface area contributed by atoms with Crippen LogP contribution in [0.1, 0.15) is 47.3 Å². The van der Waals surface area contributed by atoms with E-state index >= 15 is 0 Å². The number of rotatable bonds is 7. The van der Waals surface area contributed by atoms with Crippen molar-refractivity contribution in [2.75, 3.05) is 6.54 Å². The number of hydrogen-bond donors (Lipinski definition) is 2. The van der Waals surface area contributed by atoms with Crippen LogP contribution < -0.4 is 10.6 Å². The maximum absolute atomic E-state index is 12.1. The van der Waals surface area contributed by atoms with E-state index in [0.29, 0.717) is 12.1 Å². The van der Waals surface area contributed by atoms with Gasteiger partial charge in [-0.2, -0.15) is 0 Å². The van der Waals surface area contributed by atoms with Gasteiger partial charge in [-0.15, -0.1) is 0 Å². The van der Waals surface area contributed by atoms with Crippen molar-refractivity contribution in [3.05, 3.63) is 69.7 Å². The average Bonchev–Trinajstić information content (AvgIpc) is 2.61. The Labute approximate surface area is 157 Å². The molecule has 0 spiro atoms. The first-order chi connectivity index (χ1) is 12.0. The summed E-state index contributed by atoms with van der Waals surface area (Å²) in [5.74, 6) is -0.241. The second-order valence-corrected chi connectivity index (χ2v) is 6.87. The smallest absolute Gasteiger partial charge is 0.251 e. The first kappa shape index (κ1) is 19.2. The number of halogens is 1. The molecule has 0 aromatic heterocycles. The minimum absolute atomic E-state index is 0.00437. The standard InChI is InChI=1S/C20H23BrN2O2/c1-3-18(15-6-4-14(2)5-7-15)23-19(24)12-13-22-20(25)16-8-10-17(21)11-9-16/h4-11,18H,3,12-13H2,1-2H3,(H,22,25)(H,23,24). The monoisotopic (exact) mass is 402 g/mol. The molecule has 0 aliphatic rings. The van der Waals surface area contributed by atoms with Crippen LogP contribution in [0.4, 0.5) is 0 Å². The quantitative estimate of drug-likeness (QED) is 0.730. The lowest BCUT2D eigenvalue weighted by Gasteiger charge is -2.18. The molecule has 0 bridgehead atoms. The van der Waals surface area contributed by atoms with Crippen LogP contribution in [0, 0.1) is 6.92 Å². The van der Waals surface area contributed by atoms with Gasteiger partial charge in [-0.3, -0.25) is 9.59 Å². The van der Waals surface area contributed by atoms with Crippen LogP contribution in [0.15, 0.2) is 53.0 Å². The highest BCUT2D eigenvalue weighted by Crippen LogP contribution is 2.17. The van der Waals surface area contributed by atoms with Crippen LogP contribution in [0.25, 0.3) is 0 Å². The fraction of sp³-hybridized carbons (Fsp3) is 0.300. The summed E-state index contributed by atoms with van der Waals surface area (Å²) in [7, 11) is 0. The van der Waals surface area contributed by atoms with E-state index < -0.39 is 0 Å². The maximum atomic E-state index is 12.1. The summed E-state index contributed by atoms with van der Waals surface area (Å²) < 4.78 is 0.921. The van der Waals surface area contributed by atoms with Crippen LogP contribution in [0.3, 0.4) is 0 Å². The maximum Gasteiger partial charge on any atom is 0.251 e. The molecule has 0 saturated carbocycles. The van der Waals surface area contributed by atoms with Gasteiger partial charge in [-0.05, 0) is 43.2 Å². The van der Waals surface area contributed by atoms with E-state index in [4.69, 9.17) is 0 Å². The number of hydrogen-bond acceptors (Lipinski definition) is 2. The summed E-state index contributed by atoms with van der Waals surface area (Å²) in [6.07, 6.45) is 1.07. The van der Waals surface area contributed by atoms with Gasteiger partial charge in [-0.25, -0.2) is 0 Å². The Hall–Kier alpha value is -2.14. The molecule has 2 N–H and O–H groups in total. The number of carbonyl (C=O) groups excluding carboxylic acids is 2. The van der Waals surface area contributed by atoms with Crippen LogP contribution in [0.2, 0.25) is 0 Å². The van der Waals surface area contributed by atoms with E-state index in [0.717, 1.165) is 16.5 Å². The SMILES string of the molecule is CCC(NC(=O)CCNC(=O)c1ccc(Br)cc1)c1ccc(C)cc1. The first-order valence-electron chi connectivity index (χ1n) is 8.39. The Morgan fingerprint density at radius 2 is 1.68 bits per heavy atom. The van der Waals surface area contributed by atoms with Crippen molar-refractivity contribution < 1.29 is 9.59 Å². The van der Waals surface area contributed by atoms with Gasteiger partial charge in [0.05, 0.1) is 6.04 Å². The highest BCUT2D eigenvalue weighted by Gasteiger charge is 2.13. The highest BCUT2D eigenvalue weighted by molar-refractivity contribution is 9.10. The number of amides is 2. The van der Waals surface area contributed by atoms with Crippen molar-refractivity contribution in [2.45, 2.75) is 32.7 Å². The molecule has 1 atom stereocenters. The average molecular weight is 403 g/mol. The third kappa shape index (κ3) is 6.02. The van der Waals surface area contributed by atoms with E-state index in [1.165, 1.54) is 5.56 Å². The molecule has 2 aromatic rings. The van der Waals surface area contributed by atoms with Crippen molar-refractivity contribution in [1.82, 2.24) is 10.6 Å². The Morgan fingerprint density at radius 1 is 1.04 bits per heavy atom. The molecule has 4 nitrogen and oxygen atoms in total. The number of carbonyl (C=O) groups is 2. The van der Waals surface area contributed by atoms with Gasteiger partial charge in [0.25, 0.3) is 5.91 Å². The number of benzene rings is 2. The summed E-state index contributed by atoms with van der Waals surface area (Å²) in [6.45, 7) is 4.39. The molecule has 2 rings (SSSR count). The van der Waals surface area contributed by atoms with Gasteiger partial charge in [0.15, 0.2) is 0 Å². The predicted molar refractivity (Wildman–Crippen MR) is 103 cm³/mol. The predicted octanol–water partition coefficient (Wildman–Crippen LogP) is 4.14. The van der Waals surface area contributed by atoms with Crippen molar-refractivity contribution in [3.8, 4) is 0 Å². The third-order valence-corrected chi connectivity index (χ3v) is 4.50. The molecule has 25 heavy (non-hydrogen) atoms. The molecule has 0 fully saturated rings. The van der Waals surface area contributed by atoms with Crippen molar-refractivity contribution >= 4 is 27.7 Å². The fourth-order valence-electron chi connectivity index (χ4n) is 2.48. The minimum Gasteiger partial charge on any atom is -0.352 e. The molecule has 2 amide bonds. The van der Waals surface area contributed by atoms with Crippen LogP contribution in [0.5, 0.6) is 0 Å². The lowest BCUT2D eigenvalue weighted by Crippen LogP contribution is -2.32. The molecule has 0 heterocycles. The van der Waals surface area contributed by atoms with Crippen molar-refractivity contribution in [2.24, 2.45) is 0 Å². The normalized spacial score (nSPS) is 11.6. The zero-order chi connectivity index (χ0) is 18.2. The van der Waals surface area contributed by atoms with E-state index in [9.17, 15) is 9.59 Å². The second kappa shape index (κ2) is 9.37. The molecule has 0 radical (unpaired) electrons. The van der Waals surface area contributed by atoms with Crippen LogP contribution >= 0.6 is 15.9 Å². The molecule has 0 aliphatic heterocycles. The van der Waals surface area contributed by atoms with Gasteiger partial charge in [-0.1, -0.05) is 52.7 Å². The molecule has 132 valence electrons. The second-order valence-electron chi connectivity index (χ2n) is 5.95. The fourth-order valence-corrected chi connectivity index (χ4v) is 2.74. The first-order valence-corrected chi connectivity index (χ1v) is 9.18. The molecular formula is C20H23BrN2O2. The number of nitrogens with one attached hydrogen (secondary N) is 2. The summed E-state index contributed by atoms with van der Waals surface area (Å²) in [5, 5.41) is 5.80. The van der Waals surface area contributed by atoms with Gasteiger partial charge in [0.2, 0.25) is 5.91 Å². The molecule has 2 aromatic carbocycles. The van der Waals surface area contributed by atoms with Gasteiger partial charge in [0.1, 0.15) is 0 Å². The third-order valence-electron chi connectivity index (χ3n) is 3.97. The zero-order valence-corrected chi connectivity index (χ0v) is 16.1. The summed E-state index contributed by atoms with van der Waals surface area (Å²) in [6, 6.07) is 15.3. The van der Waals surface area contributed by atoms with Crippen LogP contribution in [-0.4, -0.2) is 18.4 Å². The lowest BCUT2D eigenvalue weighted by molar-refractivity contribution is -0.121. The van der Waals surface area contributed by atoms with E-state index in [2.05, 4.69) is 26.6 Å². The molecule has 1 unspecified atom stereocenters. The Morgan fingerprint density at radius 3 is 2.28 bits per heavy atom. The van der Waals surface area contributed by atoms with Crippen molar-refractivity contribution in [3.63, 3.8) is 0 Å². The van der Waals surface area contributed by atoms with Gasteiger partial charge < -0.3 is 10.6 Å². The Kier molecular flexibility index (Phi) is 7.19. The van der Waals surface area contributed by atoms with E-state index in [1.807, 2.05) is 50.2 Å². The molecular weight excluding hydrogens is 380 g/mol. The topological polar surface area (TPSA) is 58.2 Å². The largest absolute Gasteiger partial charge is 0.352 e. The Balaban J connectivity index is 1.80. The van der Waals surface area contributed by atoms with Crippen LogP contribution in [-0.2, 0) is 4.79 Å². The van der Waals surface area contributed by atoms with E-state index in [1.54, 1.807) is 12.1 Å². The Bertz CT molecular complexity index is 711. The molecule has 5 heteroatoms. The number of aryl methyl sites for hydroxylation is 1. The summed E-state index contributed by atoms with van der Waals surface area (Å²) in [5.41, 5.74) is 2.87. The summed E-state index contributed by atoms with van der Waals surface area (Å²) in [4.78, 5) is 24.2. The molecule has 0 saturated heterocycles. The highest BCUT2D eigenvalue weighted by atomic mass is 79.9. The lowest BCUT2D eigenvalue weighted by atomic mass is 10.0. The van der Waals surface area contributed by atoms with E-state index in [-0.39, 0.29) is 24.3 Å². The van der Waals surface area contributed by atoms with Gasteiger partial charge >= 0.3 is 0 Å².